The van der Waals surface area contributed by atoms with E-state index in [1.54, 1.807) is 7.11 Å². The van der Waals surface area contributed by atoms with Crippen LogP contribution in [0.2, 0.25) is 0 Å². The summed E-state index contributed by atoms with van der Waals surface area (Å²) in [5, 5.41) is 0. The molecule has 0 spiro atoms. The topological polar surface area (TPSA) is 18.5 Å². The zero-order chi connectivity index (χ0) is 8.70. The molecule has 2 atom stereocenters. The molecule has 0 radical (unpaired) electrons. The summed E-state index contributed by atoms with van der Waals surface area (Å²) in [6, 6.07) is 0. The molecule has 2 heteroatoms. The Labute approximate surface area is 68.9 Å². The van der Waals surface area contributed by atoms with Crippen molar-refractivity contribution in [2.24, 2.45) is 5.41 Å². The van der Waals surface area contributed by atoms with Crippen molar-refractivity contribution in [3.05, 3.63) is 0 Å². The molecule has 66 valence electrons. The molecule has 2 unspecified atom stereocenters. The number of hydrogen-bond donors (Lipinski definition) is 0. The van der Waals surface area contributed by atoms with Crippen LogP contribution in [0.15, 0.2) is 0 Å². The van der Waals surface area contributed by atoms with Crippen LogP contribution in [0.4, 0.5) is 0 Å². The Balaban J connectivity index is 2.71. The van der Waals surface area contributed by atoms with Gasteiger partial charge in [0.2, 0.25) is 0 Å². The Morgan fingerprint density at radius 2 is 1.91 bits per heavy atom. The zero-order valence-electron chi connectivity index (χ0n) is 8.10. The Morgan fingerprint density at radius 3 is 2.09 bits per heavy atom. The van der Waals surface area contributed by atoms with Gasteiger partial charge in [-0.15, -0.1) is 0 Å². The van der Waals surface area contributed by atoms with Crippen LogP contribution in [0.5, 0.6) is 0 Å². The lowest BCUT2D eigenvalue weighted by molar-refractivity contribution is -0.380. The Morgan fingerprint density at radius 1 is 1.36 bits per heavy atom. The third-order valence-electron chi connectivity index (χ3n) is 3.25. The Hall–Kier alpha value is -0.0800. The van der Waals surface area contributed by atoms with Crippen LogP contribution < -0.4 is 0 Å². The molecule has 1 heterocycles. The molecule has 0 aliphatic carbocycles. The summed E-state index contributed by atoms with van der Waals surface area (Å²) in [5.74, 6) is 0. The summed E-state index contributed by atoms with van der Waals surface area (Å²) in [7, 11) is 1.70. The summed E-state index contributed by atoms with van der Waals surface area (Å²) in [4.78, 5) is 0. The van der Waals surface area contributed by atoms with E-state index in [1.165, 1.54) is 0 Å². The number of methoxy groups -OCH3 is 1. The van der Waals surface area contributed by atoms with Crippen molar-refractivity contribution in [1.82, 2.24) is 0 Å². The van der Waals surface area contributed by atoms with Gasteiger partial charge in [0.1, 0.15) is 0 Å². The quantitative estimate of drug-likeness (QED) is 0.613. The first-order chi connectivity index (χ1) is 4.98. The van der Waals surface area contributed by atoms with Gasteiger partial charge in [0.25, 0.3) is 0 Å². The van der Waals surface area contributed by atoms with Crippen LogP contribution in [-0.2, 0) is 9.47 Å². The minimum Gasteiger partial charge on any atom is -0.355 e. The maximum Gasteiger partial charge on any atom is 0.165 e. The van der Waals surface area contributed by atoms with Gasteiger partial charge in [0.05, 0.1) is 5.60 Å². The summed E-state index contributed by atoms with van der Waals surface area (Å²) in [6.07, 6.45) is 1.08. The zero-order valence-corrected chi connectivity index (χ0v) is 8.10. The fraction of sp³-hybridized carbons (Fsp3) is 1.00. The number of rotatable bonds is 2. The molecule has 11 heavy (non-hydrogen) atoms. The van der Waals surface area contributed by atoms with Gasteiger partial charge in [-0.1, -0.05) is 13.8 Å². The van der Waals surface area contributed by atoms with Gasteiger partial charge in [-0.3, -0.25) is 0 Å². The van der Waals surface area contributed by atoms with Crippen molar-refractivity contribution in [1.29, 1.82) is 0 Å². The molecular formula is C9H18O2. The normalized spacial score (nSPS) is 41.7. The maximum atomic E-state index is 5.56. The summed E-state index contributed by atoms with van der Waals surface area (Å²) in [6.45, 7) is 8.62. The van der Waals surface area contributed by atoms with Crippen molar-refractivity contribution in [3.63, 3.8) is 0 Å². The highest BCUT2D eigenvalue weighted by molar-refractivity contribution is 5.01. The number of hydrogen-bond acceptors (Lipinski definition) is 2. The second-order valence-corrected chi connectivity index (χ2v) is 3.97. The fourth-order valence-electron chi connectivity index (χ4n) is 1.66. The average molecular weight is 158 g/mol. The van der Waals surface area contributed by atoms with Crippen LogP contribution in [0.3, 0.4) is 0 Å². The van der Waals surface area contributed by atoms with Crippen molar-refractivity contribution in [2.75, 3.05) is 7.11 Å². The molecule has 1 fully saturated rings. The molecule has 1 rings (SSSR count). The van der Waals surface area contributed by atoms with E-state index in [-0.39, 0.29) is 17.3 Å². The SMILES string of the molecule is CCC1(C)C(OC)OC1(C)C. The van der Waals surface area contributed by atoms with Gasteiger partial charge in [-0.25, -0.2) is 0 Å². The highest BCUT2D eigenvalue weighted by atomic mass is 16.7. The molecule has 1 aliphatic rings. The van der Waals surface area contributed by atoms with E-state index in [0.29, 0.717) is 0 Å². The minimum atomic E-state index is -0.0254. The van der Waals surface area contributed by atoms with E-state index in [2.05, 4.69) is 27.7 Å². The minimum absolute atomic E-state index is 0.0116. The Bertz CT molecular complexity index is 154. The molecule has 2 nitrogen and oxygen atoms in total. The van der Waals surface area contributed by atoms with E-state index in [9.17, 15) is 0 Å². The van der Waals surface area contributed by atoms with Crippen LogP contribution in [0.25, 0.3) is 0 Å². The summed E-state index contributed by atoms with van der Waals surface area (Å²) in [5.41, 5.74) is 0.157. The molecule has 0 N–H and O–H groups in total. The summed E-state index contributed by atoms with van der Waals surface area (Å²) < 4.78 is 10.8. The molecule has 0 aromatic heterocycles. The highest BCUT2D eigenvalue weighted by Gasteiger charge is 2.58. The fourth-order valence-corrected chi connectivity index (χ4v) is 1.66. The molecule has 0 aromatic carbocycles. The van der Waals surface area contributed by atoms with Gasteiger partial charge in [-0.05, 0) is 20.3 Å². The van der Waals surface area contributed by atoms with Crippen molar-refractivity contribution in [3.8, 4) is 0 Å². The van der Waals surface area contributed by atoms with Crippen molar-refractivity contribution >= 4 is 0 Å². The molecule has 0 bridgehead atoms. The monoisotopic (exact) mass is 158 g/mol. The third-order valence-corrected chi connectivity index (χ3v) is 3.25. The number of ether oxygens (including phenoxy) is 2. The van der Waals surface area contributed by atoms with Crippen LogP contribution in [0, 0.1) is 5.41 Å². The predicted octanol–water partition coefficient (Wildman–Crippen LogP) is 2.18. The molecule has 0 saturated carbocycles. The van der Waals surface area contributed by atoms with Gasteiger partial charge in [0, 0.05) is 12.5 Å². The second kappa shape index (κ2) is 2.46. The lowest BCUT2D eigenvalue weighted by Crippen LogP contribution is -2.64. The van der Waals surface area contributed by atoms with Gasteiger partial charge in [-0.2, -0.15) is 0 Å². The molecule has 1 aliphatic heterocycles. The second-order valence-electron chi connectivity index (χ2n) is 3.97. The summed E-state index contributed by atoms with van der Waals surface area (Å²) >= 11 is 0. The average Bonchev–Trinajstić information content (AvgIpc) is 1.98. The lowest BCUT2D eigenvalue weighted by atomic mass is 9.68. The molecular weight excluding hydrogens is 140 g/mol. The smallest absolute Gasteiger partial charge is 0.165 e. The van der Waals surface area contributed by atoms with E-state index in [0.717, 1.165) is 6.42 Å². The van der Waals surface area contributed by atoms with E-state index in [4.69, 9.17) is 9.47 Å². The highest BCUT2D eigenvalue weighted by Crippen LogP contribution is 2.52. The standard InChI is InChI=1S/C9H18O2/c1-6-9(4)7(10-5)11-8(9,2)3/h7H,6H2,1-5H3. The van der Waals surface area contributed by atoms with Gasteiger partial charge >= 0.3 is 0 Å². The Kier molecular flexibility index (Phi) is 2.01. The first-order valence-corrected chi connectivity index (χ1v) is 4.18. The van der Waals surface area contributed by atoms with E-state index < -0.39 is 0 Å². The lowest BCUT2D eigenvalue weighted by Gasteiger charge is -2.58. The largest absolute Gasteiger partial charge is 0.355 e. The molecule has 1 saturated heterocycles. The molecule has 0 amide bonds. The van der Waals surface area contributed by atoms with Crippen LogP contribution >= 0.6 is 0 Å². The first kappa shape index (κ1) is 9.01. The maximum absolute atomic E-state index is 5.56. The third kappa shape index (κ3) is 1.00. The van der Waals surface area contributed by atoms with Crippen molar-refractivity contribution < 1.29 is 9.47 Å². The van der Waals surface area contributed by atoms with Crippen LogP contribution in [-0.4, -0.2) is 19.0 Å². The van der Waals surface area contributed by atoms with Crippen LogP contribution in [0.1, 0.15) is 34.1 Å². The van der Waals surface area contributed by atoms with Crippen molar-refractivity contribution in [2.45, 2.75) is 46.0 Å². The van der Waals surface area contributed by atoms with E-state index >= 15 is 0 Å². The van der Waals surface area contributed by atoms with E-state index in [1.807, 2.05) is 0 Å². The van der Waals surface area contributed by atoms with Gasteiger partial charge in [0.15, 0.2) is 6.29 Å². The first-order valence-electron chi connectivity index (χ1n) is 4.18. The predicted molar refractivity (Wildman–Crippen MR) is 44.4 cm³/mol. The molecule has 0 aromatic rings. The van der Waals surface area contributed by atoms with Gasteiger partial charge < -0.3 is 9.47 Å².